The third-order valence-corrected chi connectivity index (χ3v) is 3.67. The molecule has 1 saturated heterocycles. The Labute approximate surface area is 115 Å². The predicted molar refractivity (Wildman–Crippen MR) is 76.3 cm³/mol. The molecule has 1 aromatic rings. The monoisotopic (exact) mass is 261 g/mol. The van der Waals surface area contributed by atoms with E-state index < -0.39 is 0 Å². The number of aryl methyl sites for hydroxylation is 1. The van der Waals surface area contributed by atoms with Gasteiger partial charge in [0.1, 0.15) is 5.75 Å². The first-order valence-electron chi connectivity index (χ1n) is 7.29. The first-order valence-corrected chi connectivity index (χ1v) is 7.29. The highest BCUT2D eigenvalue weighted by atomic mass is 16.5. The number of nitrogens with zero attached hydrogens (tertiary/aromatic N) is 1. The Morgan fingerprint density at radius 1 is 1.21 bits per heavy atom. The van der Waals surface area contributed by atoms with E-state index in [1.54, 1.807) is 0 Å². The van der Waals surface area contributed by atoms with Crippen molar-refractivity contribution in [3.63, 3.8) is 0 Å². The molecule has 0 radical (unpaired) electrons. The molecule has 3 heteroatoms. The zero-order chi connectivity index (χ0) is 13.7. The highest BCUT2D eigenvalue weighted by Crippen LogP contribution is 2.18. The van der Waals surface area contributed by atoms with Gasteiger partial charge in [-0.3, -0.25) is 4.79 Å². The molecule has 0 aromatic heterocycles. The lowest BCUT2D eigenvalue weighted by molar-refractivity contribution is -0.137. The summed E-state index contributed by atoms with van der Waals surface area (Å²) in [7, 11) is 0. The summed E-state index contributed by atoms with van der Waals surface area (Å²) < 4.78 is 5.85. The van der Waals surface area contributed by atoms with Crippen molar-refractivity contribution in [2.75, 3.05) is 13.1 Å². The van der Waals surface area contributed by atoms with Crippen LogP contribution in [-0.4, -0.2) is 30.0 Å². The van der Waals surface area contributed by atoms with Crippen molar-refractivity contribution in [2.45, 2.75) is 45.6 Å². The minimum absolute atomic E-state index is 0.138. The maximum atomic E-state index is 12.3. The van der Waals surface area contributed by atoms with Crippen LogP contribution in [0.3, 0.4) is 0 Å². The fourth-order valence-electron chi connectivity index (χ4n) is 2.42. The van der Waals surface area contributed by atoms with E-state index in [9.17, 15) is 4.79 Å². The van der Waals surface area contributed by atoms with Crippen molar-refractivity contribution < 1.29 is 9.53 Å². The number of rotatable bonds is 5. The normalized spacial score (nSPS) is 16.4. The molecule has 0 bridgehead atoms. The summed E-state index contributed by atoms with van der Waals surface area (Å²) in [6, 6.07) is 8.03. The second kappa shape index (κ2) is 6.60. The molecule has 3 nitrogen and oxygen atoms in total. The van der Waals surface area contributed by atoms with Crippen LogP contribution in [0.25, 0.3) is 0 Å². The van der Waals surface area contributed by atoms with Crippen molar-refractivity contribution in [2.24, 2.45) is 0 Å². The van der Waals surface area contributed by atoms with E-state index in [4.69, 9.17) is 4.74 Å². The molecule has 0 spiro atoms. The van der Waals surface area contributed by atoms with Crippen molar-refractivity contribution in [3.8, 4) is 5.75 Å². The largest absolute Gasteiger partial charge is 0.481 e. The molecular formula is C16H23NO2. The van der Waals surface area contributed by atoms with Gasteiger partial charge in [-0.1, -0.05) is 26.0 Å². The molecule has 19 heavy (non-hydrogen) atoms. The quantitative estimate of drug-likeness (QED) is 0.815. The van der Waals surface area contributed by atoms with E-state index in [2.05, 4.69) is 19.1 Å². The number of hydrogen-bond acceptors (Lipinski definition) is 2. The number of carbonyl (C=O) groups is 1. The molecule has 1 atom stereocenters. The van der Waals surface area contributed by atoms with Gasteiger partial charge in [0, 0.05) is 13.1 Å². The SMILES string of the molecule is CCc1ccc(OC(CC)C(=O)N2CCCC2)cc1. The maximum absolute atomic E-state index is 12.3. The van der Waals surface area contributed by atoms with Crippen molar-refractivity contribution >= 4 is 5.91 Å². The van der Waals surface area contributed by atoms with Gasteiger partial charge in [-0.25, -0.2) is 0 Å². The number of benzene rings is 1. The third kappa shape index (κ3) is 3.49. The molecule has 1 aliphatic heterocycles. The Kier molecular flexibility index (Phi) is 4.83. The zero-order valence-electron chi connectivity index (χ0n) is 11.9. The molecule has 104 valence electrons. The summed E-state index contributed by atoms with van der Waals surface area (Å²) in [5.41, 5.74) is 1.28. The van der Waals surface area contributed by atoms with Crippen LogP contribution in [0.1, 0.15) is 38.7 Å². The third-order valence-electron chi connectivity index (χ3n) is 3.67. The van der Waals surface area contributed by atoms with Crippen molar-refractivity contribution in [1.29, 1.82) is 0 Å². The molecule has 1 aromatic carbocycles. The second-order valence-corrected chi connectivity index (χ2v) is 5.04. The topological polar surface area (TPSA) is 29.5 Å². The molecule has 1 fully saturated rings. The average Bonchev–Trinajstić information content (AvgIpc) is 2.99. The molecule has 0 N–H and O–H groups in total. The zero-order valence-corrected chi connectivity index (χ0v) is 11.9. The molecule has 0 saturated carbocycles. The summed E-state index contributed by atoms with van der Waals surface area (Å²) in [6.07, 6.45) is 3.63. The van der Waals surface area contributed by atoms with Crippen LogP contribution < -0.4 is 4.74 Å². The molecule has 1 aliphatic rings. The van der Waals surface area contributed by atoms with Gasteiger partial charge in [0.05, 0.1) is 0 Å². The van der Waals surface area contributed by atoms with Crippen LogP contribution in [0.5, 0.6) is 5.75 Å². The predicted octanol–water partition coefficient (Wildman–Crippen LogP) is 3.03. The second-order valence-electron chi connectivity index (χ2n) is 5.04. The first kappa shape index (κ1) is 13.9. The van der Waals surface area contributed by atoms with Gasteiger partial charge < -0.3 is 9.64 Å². The van der Waals surface area contributed by atoms with Gasteiger partial charge in [-0.15, -0.1) is 0 Å². The van der Waals surface area contributed by atoms with E-state index in [0.717, 1.165) is 38.1 Å². The number of carbonyl (C=O) groups excluding carboxylic acids is 1. The van der Waals surface area contributed by atoms with Crippen molar-refractivity contribution in [3.05, 3.63) is 29.8 Å². The van der Waals surface area contributed by atoms with E-state index in [1.165, 1.54) is 5.56 Å². The summed E-state index contributed by atoms with van der Waals surface area (Å²) in [6.45, 7) is 5.89. The molecule has 1 amide bonds. The Hall–Kier alpha value is -1.51. The highest BCUT2D eigenvalue weighted by Gasteiger charge is 2.26. The van der Waals surface area contributed by atoms with Crippen LogP contribution in [-0.2, 0) is 11.2 Å². The lowest BCUT2D eigenvalue weighted by Crippen LogP contribution is -2.40. The van der Waals surface area contributed by atoms with E-state index >= 15 is 0 Å². The van der Waals surface area contributed by atoms with Gasteiger partial charge >= 0.3 is 0 Å². The molecule has 0 aliphatic carbocycles. The first-order chi connectivity index (χ1) is 9.24. The maximum Gasteiger partial charge on any atom is 0.263 e. The van der Waals surface area contributed by atoms with Crippen molar-refractivity contribution in [1.82, 2.24) is 4.90 Å². The number of amides is 1. The Morgan fingerprint density at radius 3 is 2.37 bits per heavy atom. The average molecular weight is 261 g/mol. The summed E-state index contributed by atoms with van der Waals surface area (Å²) in [5, 5.41) is 0. The van der Waals surface area contributed by atoms with Gasteiger partial charge in [0.15, 0.2) is 6.10 Å². The van der Waals surface area contributed by atoms with Crippen LogP contribution >= 0.6 is 0 Å². The summed E-state index contributed by atoms with van der Waals surface area (Å²) >= 11 is 0. The van der Waals surface area contributed by atoms with Gasteiger partial charge in [-0.05, 0) is 43.4 Å². The Bertz CT molecular complexity index is 407. The fraction of sp³-hybridized carbons (Fsp3) is 0.562. The van der Waals surface area contributed by atoms with Crippen LogP contribution in [0.15, 0.2) is 24.3 Å². The highest BCUT2D eigenvalue weighted by molar-refractivity contribution is 5.81. The van der Waals surface area contributed by atoms with Crippen LogP contribution in [0.4, 0.5) is 0 Å². The molecule has 1 heterocycles. The Morgan fingerprint density at radius 2 is 1.84 bits per heavy atom. The number of likely N-dealkylation sites (tertiary alicyclic amines) is 1. The minimum Gasteiger partial charge on any atom is -0.481 e. The van der Waals surface area contributed by atoms with Gasteiger partial charge in [0.25, 0.3) is 5.91 Å². The van der Waals surface area contributed by atoms with E-state index in [-0.39, 0.29) is 12.0 Å². The van der Waals surface area contributed by atoms with Gasteiger partial charge in [0.2, 0.25) is 0 Å². The number of ether oxygens (including phenoxy) is 1. The Balaban J connectivity index is 1.99. The van der Waals surface area contributed by atoms with Crippen LogP contribution in [0, 0.1) is 0 Å². The lowest BCUT2D eigenvalue weighted by atomic mass is 10.1. The lowest BCUT2D eigenvalue weighted by Gasteiger charge is -2.23. The van der Waals surface area contributed by atoms with Gasteiger partial charge in [-0.2, -0.15) is 0 Å². The summed E-state index contributed by atoms with van der Waals surface area (Å²) in [5.74, 6) is 0.927. The standard InChI is InChI=1S/C16H23NO2/c1-3-13-7-9-14(10-8-13)19-15(4-2)16(18)17-11-5-6-12-17/h7-10,15H,3-6,11-12H2,1-2H3. The minimum atomic E-state index is -0.342. The van der Waals surface area contributed by atoms with Crippen LogP contribution in [0.2, 0.25) is 0 Å². The van der Waals surface area contributed by atoms with E-state index in [1.807, 2.05) is 24.0 Å². The molecular weight excluding hydrogens is 238 g/mol. The smallest absolute Gasteiger partial charge is 0.263 e. The fourth-order valence-corrected chi connectivity index (χ4v) is 2.42. The molecule has 2 rings (SSSR count). The number of hydrogen-bond donors (Lipinski definition) is 0. The molecule has 1 unspecified atom stereocenters. The van der Waals surface area contributed by atoms with E-state index in [0.29, 0.717) is 6.42 Å². The summed E-state index contributed by atoms with van der Waals surface area (Å²) in [4.78, 5) is 14.2.